The van der Waals surface area contributed by atoms with Crippen molar-refractivity contribution in [3.05, 3.63) is 53.6 Å². The van der Waals surface area contributed by atoms with Crippen LogP contribution in [0.25, 0.3) is 0 Å². The molecule has 2 aliphatic heterocycles. The monoisotopic (exact) mass is 341 g/mol. The summed E-state index contributed by atoms with van der Waals surface area (Å²) < 4.78 is 0. The Morgan fingerprint density at radius 3 is 2.21 bits per heavy atom. The smallest absolute Gasteiger partial charge is 0.323 e. The lowest BCUT2D eigenvalue weighted by molar-refractivity contribution is 0.262. The topological polar surface area (TPSA) is 44.4 Å². The second kappa shape index (κ2) is 6.36. The molecule has 2 bridgehead atoms. The van der Waals surface area contributed by atoms with E-state index in [0.29, 0.717) is 22.8 Å². The summed E-state index contributed by atoms with van der Waals surface area (Å²) in [5.41, 5.74) is 2.74. The van der Waals surface area contributed by atoms with Crippen LogP contribution in [-0.2, 0) is 0 Å². The van der Waals surface area contributed by atoms with Gasteiger partial charge in [0.2, 0.25) is 0 Å². The molecule has 4 nitrogen and oxygen atoms in total. The van der Waals surface area contributed by atoms with Crippen LogP contribution >= 0.6 is 11.6 Å². The standard InChI is InChI=1S/C19H20ClN3O/c20-13-4-6-14(7-5-13)21-19(24)22-15-2-1-3-18(12-15)23-16-8-9-17(23)11-10-16/h1-7,12,16-17H,8-11H2,(H2,21,22,24). The molecule has 2 aliphatic rings. The fourth-order valence-electron chi connectivity index (χ4n) is 3.91. The Morgan fingerprint density at radius 2 is 1.54 bits per heavy atom. The summed E-state index contributed by atoms with van der Waals surface area (Å²) in [6.07, 6.45) is 5.16. The zero-order valence-corrected chi connectivity index (χ0v) is 14.1. The van der Waals surface area contributed by atoms with Gasteiger partial charge in [-0.15, -0.1) is 0 Å². The normalized spacial score (nSPS) is 21.8. The maximum atomic E-state index is 12.2. The molecule has 2 fully saturated rings. The molecule has 124 valence electrons. The maximum Gasteiger partial charge on any atom is 0.323 e. The number of carbonyl (C=O) groups is 1. The van der Waals surface area contributed by atoms with Crippen LogP contribution in [0.15, 0.2) is 48.5 Å². The van der Waals surface area contributed by atoms with Crippen molar-refractivity contribution in [2.75, 3.05) is 15.5 Å². The number of nitrogens with zero attached hydrogens (tertiary/aromatic N) is 1. The van der Waals surface area contributed by atoms with Gasteiger partial charge in [0, 0.05) is 34.2 Å². The van der Waals surface area contributed by atoms with Gasteiger partial charge in [-0.05, 0) is 68.1 Å². The van der Waals surface area contributed by atoms with Crippen LogP contribution in [0.4, 0.5) is 21.9 Å². The van der Waals surface area contributed by atoms with Crippen LogP contribution in [0.2, 0.25) is 5.02 Å². The Morgan fingerprint density at radius 1 is 0.917 bits per heavy atom. The number of urea groups is 1. The molecular formula is C19H20ClN3O. The first-order valence-electron chi connectivity index (χ1n) is 8.41. The highest BCUT2D eigenvalue weighted by Gasteiger charge is 2.39. The van der Waals surface area contributed by atoms with Crippen molar-refractivity contribution in [2.24, 2.45) is 0 Å². The summed E-state index contributed by atoms with van der Waals surface area (Å²) in [4.78, 5) is 14.7. The molecule has 5 heteroatoms. The van der Waals surface area contributed by atoms with E-state index in [9.17, 15) is 4.79 Å². The molecule has 2 aromatic carbocycles. The summed E-state index contributed by atoms with van der Waals surface area (Å²) in [5, 5.41) is 6.37. The minimum absolute atomic E-state index is 0.251. The van der Waals surface area contributed by atoms with Gasteiger partial charge in [0.15, 0.2) is 0 Å². The Kier molecular flexibility index (Phi) is 4.07. The largest absolute Gasteiger partial charge is 0.365 e. The molecule has 2 heterocycles. The summed E-state index contributed by atoms with van der Waals surface area (Å²) >= 11 is 5.85. The zero-order valence-electron chi connectivity index (χ0n) is 13.3. The molecule has 0 radical (unpaired) electrons. The Balaban J connectivity index is 1.44. The predicted octanol–water partition coefficient (Wildman–Crippen LogP) is 5.12. The van der Waals surface area contributed by atoms with E-state index in [2.05, 4.69) is 27.7 Å². The van der Waals surface area contributed by atoms with Gasteiger partial charge < -0.3 is 15.5 Å². The molecular weight excluding hydrogens is 322 g/mol. The lowest BCUT2D eigenvalue weighted by atomic mass is 10.0. The molecule has 0 unspecified atom stereocenters. The average Bonchev–Trinajstić information content (AvgIpc) is 3.17. The fourth-order valence-corrected chi connectivity index (χ4v) is 4.03. The van der Waals surface area contributed by atoms with E-state index in [1.54, 1.807) is 24.3 Å². The number of amides is 2. The first kappa shape index (κ1) is 15.3. The minimum Gasteiger partial charge on any atom is -0.365 e. The molecule has 4 rings (SSSR count). The Labute approximate surface area is 146 Å². The van der Waals surface area contributed by atoms with Gasteiger partial charge in [-0.2, -0.15) is 0 Å². The van der Waals surface area contributed by atoms with Gasteiger partial charge in [0.1, 0.15) is 0 Å². The molecule has 0 atom stereocenters. The number of anilines is 3. The average molecular weight is 342 g/mol. The van der Waals surface area contributed by atoms with Crippen LogP contribution in [0.5, 0.6) is 0 Å². The molecule has 2 amide bonds. The second-order valence-corrected chi connectivity index (χ2v) is 6.94. The van der Waals surface area contributed by atoms with Crippen LogP contribution in [0.1, 0.15) is 25.7 Å². The fraction of sp³-hybridized carbons (Fsp3) is 0.316. The lowest BCUT2D eigenvalue weighted by Crippen LogP contribution is -2.28. The SMILES string of the molecule is O=C(Nc1ccc(Cl)cc1)Nc1cccc(N2C3CCC2CC3)c1. The van der Waals surface area contributed by atoms with Crippen molar-refractivity contribution < 1.29 is 4.79 Å². The van der Waals surface area contributed by atoms with E-state index in [1.165, 1.54) is 31.4 Å². The van der Waals surface area contributed by atoms with Crippen molar-refractivity contribution in [3.63, 3.8) is 0 Å². The second-order valence-electron chi connectivity index (χ2n) is 6.51. The third kappa shape index (κ3) is 3.06. The highest BCUT2D eigenvalue weighted by atomic mass is 35.5. The van der Waals surface area contributed by atoms with Crippen molar-refractivity contribution in [1.82, 2.24) is 0 Å². The van der Waals surface area contributed by atoms with E-state index >= 15 is 0 Å². The number of fused-ring (bicyclic) bond motifs is 2. The Bertz CT molecular complexity index is 727. The van der Waals surface area contributed by atoms with Crippen molar-refractivity contribution in [1.29, 1.82) is 0 Å². The first-order valence-corrected chi connectivity index (χ1v) is 8.79. The highest BCUT2D eigenvalue weighted by Crippen LogP contribution is 2.41. The van der Waals surface area contributed by atoms with Crippen LogP contribution in [0.3, 0.4) is 0 Å². The first-order chi connectivity index (χ1) is 11.7. The minimum atomic E-state index is -0.251. The third-order valence-corrected chi connectivity index (χ3v) is 5.21. The molecule has 0 aromatic heterocycles. The van der Waals surface area contributed by atoms with E-state index in [1.807, 2.05) is 12.1 Å². The maximum absolute atomic E-state index is 12.2. The molecule has 2 aromatic rings. The molecule has 0 saturated carbocycles. The summed E-state index contributed by atoms with van der Waals surface area (Å²) in [7, 11) is 0. The zero-order chi connectivity index (χ0) is 16.5. The Hall–Kier alpha value is -2.20. The van der Waals surface area contributed by atoms with Gasteiger partial charge in [0.05, 0.1) is 0 Å². The van der Waals surface area contributed by atoms with Crippen molar-refractivity contribution in [3.8, 4) is 0 Å². The van der Waals surface area contributed by atoms with Gasteiger partial charge >= 0.3 is 6.03 Å². The van der Waals surface area contributed by atoms with Gasteiger partial charge in [-0.3, -0.25) is 0 Å². The molecule has 2 N–H and O–H groups in total. The number of halogens is 1. The molecule has 0 aliphatic carbocycles. The van der Waals surface area contributed by atoms with Crippen LogP contribution in [0, 0.1) is 0 Å². The number of hydrogen-bond acceptors (Lipinski definition) is 2. The lowest BCUT2D eigenvalue weighted by Gasteiger charge is -2.25. The number of rotatable bonds is 3. The number of nitrogens with one attached hydrogen (secondary N) is 2. The van der Waals surface area contributed by atoms with E-state index in [4.69, 9.17) is 11.6 Å². The summed E-state index contributed by atoms with van der Waals surface area (Å²) in [6, 6.07) is 16.3. The number of hydrogen-bond donors (Lipinski definition) is 2. The molecule has 2 saturated heterocycles. The van der Waals surface area contributed by atoms with Gasteiger partial charge in [-0.25, -0.2) is 4.79 Å². The van der Waals surface area contributed by atoms with E-state index in [-0.39, 0.29) is 6.03 Å². The van der Waals surface area contributed by atoms with Crippen molar-refractivity contribution in [2.45, 2.75) is 37.8 Å². The third-order valence-electron chi connectivity index (χ3n) is 4.96. The van der Waals surface area contributed by atoms with Crippen LogP contribution < -0.4 is 15.5 Å². The summed E-state index contributed by atoms with van der Waals surface area (Å²) in [6.45, 7) is 0. The quantitative estimate of drug-likeness (QED) is 0.814. The van der Waals surface area contributed by atoms with E-state index < -0.39 is 0 Å². The molecule has 24 heavy (non-hydrogen) atoms. The predicted molar refractivity (Wildman–Crippen MR) is 99.1 cm³/mol. The number of benzene rings is 2. The number of carbonyl (C=O) groups excluding carboxylic acids is 1. The summed E-state index contributed by atoms with van der Waals surface area (Å²) in [5.74, 6) is 0. The van der Waals surface area contributed by atoms with Crippen molar-refractivity contribution >= 4 is 34.7 Å². The molecule has 0 spiro atoms. The van der Waals surface area contributed by atoms with E-state index in [0.717, 1.165) is 5.69 Å². The van der Waals surface area contributed by atoms with Crippen LogP contribution in [-0.4, -0.2) is 18.1 Å². The van der Waals surface area contributed by atoms with Gasteiger partial charge in [-0.1, -0.05) is 17.7 Å². The van der Waals surface area contributed by atoms with Gasteiger partial charge in [0.25, 0.3) is 0 Å². The highest BCUT2D eigenvalue weighted by molar-refractivity contribution is 6.30.